The quantitative estimate of drug-likeness (QED) is 0.449. The van der Waals surface area contributed by atoms with Gasteiger partial charge in [-0.25, -0.2) is 4.98 Å². The van der Waals surface area contributed by atoms with Gasteiger partial charge in [0.2, 0.25) is 0 Å². The number of benzene rings is 1. The van der Waals surface area contributed by atoms with Gasteiger partial charge in [-0.3, -0.25) is 4.99 Å². The van der Waals surface area contributed by atoms with Crippen molar-refractivity contribution in [3.8, 4) is 0 Å². The smallest absolute Gasteiger partial charge is 0.198 e. The second-order valence-corrected chi connectivity index (χ2v) is 6.78. The maximum absolute atomic E-state index is 4.49. The van der Waals surface area contributed by atoms with Crippen LogP contribution in [0, 0.1) is 13.8 Å². The lowest BCUT2D eigenvalue weighted by molar-refractivity contribution is 0.839. The van der Waals surface area contributed by atoms with E-state index in [1.807, 2.05) is 7.05 Å². The van der Waals surface area contributed by atoms with Crippen LogP contribution >= 0.6 is 35.3 Å². The van der Waals surface area contributed by atoms with Crippen LogP contribution in [0.4, 0.5) is 5.69 Å². The number of hydrogen-bond donors (Lipinski definition) is 1. The number of aromatic nitrogens is 1. The van der Waals surface area contributed by atoms with Gasteiger partial charge in [0.15, 0.2) is 5.96 Å². The number of rotatable bonds is 3. The molecule has 0 unspecified atom stereocenters. The second kappa shape index (κ2) is 8.10. The summed E-state index contributed by atoms with van der Waals surface area (Å²) in [7, 11) is 1.85. The minimum absolute atomic E-state index is 0. The van der Waals surface area contributed by atoms with Crippen LogP contribution in [0.15, 0.2) is 29.3 Å². The normalized spacial score (nSPS) is 13.7. The Morgan fingerprint density at radius 3 is 2.83 bits per heavy atom. The Morgan fingerprint density at radius 2 is 2.13 bits per heavy atom. The number of halogens is 1. The van der Waals surface area contributed by atoms with Crippen molar-refractivity contribution in [3.63, 3.8) is 0 Å². The first-order chi connectivity index (χ1) is 10.7. The van der Waals surface area contributed by atoms with Crippen molar-refractivity contribution in [1.29, 1.82) is 0 Å². The molecule has 0 amide bonds. The van der Waals surface area contributed by atoms with E-state index in [1.54, 1.807) is 11.3 Å². The van der Waals surface area contributed by atoms with Crippen LogP contribution in [0.25, 0.3) is 0 Å². The molecule has 0 fully saturated rings. The number of guanidine groups is 1. The highest BCUT2D eigenvalue weighted by Crippen LogP contribution is 2.27. The molecule has 0 spiro atoms. The van der Waals surface area contributed by atoms with Crippen molar-refractivity contribution < 1.29 is 0 Å². The van der Waals surface area contributed by atoms with E-state index in [0.29, 0.717) is 0 Å². The van der Waals surface area contributed by atoms with Gasteiger partial charge in [0.25, 0.3) is 0 Å². The molecule has 2 heterocycles. The molecule has 1 aromatic carbocycles. The molecule has 1 aliphatic heterocycles. The first-order valence-corrected chi connectivity index (χ1v) is 8.49. The zero-order chi connectivity index (χ0) is 15.5. The summed E-state index contributed by atoms with van der Waals surface area (Å²) in [5, 5.41) is 4.64. The van der Waals surface area contributed by atoms with Gasteiger partial charge >= 0.3 is 0 Å². The molecule has 3 rings (SSSR count). The van der Waals surface area contributed by atoms with Gasteiger partial charge in [-0.15, -0.1) is 35.3 Å². The van der Waals surface area contributed by atoms with Crippen molar-refractivity contribution >= 4 is 47.0 Å². The maximum Gasteiger partial charge on any atom is 0.198 e. The number of nitrogens with zero attached hydrogens (tertiary/aromatic N) is 3. The Morgan fingerprint density at radius 1 is 1.35 bits per heavy atom. The van der Waals surface area contributed by atoms with E-state index in [2.05, 4.69) is 58.3 Å². The van der Waals surface area contributed by atoms with E-state index in [0.717, 1.165) is 42.6 Å². The molecule has 124 valence electrons. The number of anilines is 1. The van der Waals surface area contributed by atoms with E-state index in [9.17, 15) is 0 Å². The second-order valence-electron chi connectivity index (χ2n) is 5.50. The van der Waals surface area contributed by atoms with Crippen molar-refractivity contribution in [1.82, 2.24) is 10.3 Å². The summed E-state index contributed by atoms with van der Waals surface area (Å²) in [6, 6.07) is 8.57. The highest BCUT2D eigenvalue weighted by Gasteiger charge is 2.22. The molecule has 1 N–H and O–H groups in total. The van der Waals surface area contributed by atoms with E-state index < -0.39 is 0 Å². The Labute approximate surface area is 159 Å². The molecule has 4 nitrogen and oxygen atoms in total. The average molecular weight is 442 g/mol. The number of hydrogen-bond acceptors (Lipinski definition) is 3. The van der Waals surface area contributed by atoms with Gasteiger partial charge in [-0.2, -0.15) is 0 Å². The Kier molecular flexibility index (Phi) is 6.41. The molecule has 0 radical (unpaired) electrons. The topological polar surface area (TPSA) is 40.5 Å². The molecule has 0 saturated heterocycles. The van der Waals surface area contributed by atoms with E-state index >= 15 is 0 Å². The zero-order valence-electron chi connectivity index (χ0n) is 13.8. The van der Waals surface area contributed by atoms with Crippen LogP contribution in [-0.2, 0) is 12.8 Å². The summed E-state index contributed by atoms with van der Waals surface area (Å²) < 4.78 is 0. The van der Waals surface area contributed by atoms with Gasteiger partial charge in [0, 0.05) is 37.1 Å². The fourth-order valence-corrected chi connectivity index (χ4v) is 3.88. The highest BCUT2D eigenvalue weighted by molar-refractivity contribution is 14.0. The summed E-state index contributed by atoms with van der Waals surface area (Å²) in [6.45, 7) is 6.03. The molecular formula is C17H23IN4S. The van der Waals surface area contributed by atoms with E-state index in [-0.39, 0.29) is 24.0 Å². The van der Waals surface area contributed by atoms with Gasteiger partial charge in [0.05, 0.1) is 10.7 Å². The monoisotopic (exact) mass is 442 g/mol. The third-order valence-corrected chi connectivity index (χ3v) is 5.12. The van der Waals surface area contributed by atoms with Crippen LogP contribution < -0.4 is 10.2 Å². The SMILES string of the molecule is CN=C(NCCc1sc(C)nc1C)N1CCc2ccccc21.I. The molecule has 23 heavy (non-hydrogen) atoms. The minimum Gasteiger partial charge on any atom is -0.356 e. The van der Waals surface area contributed by atoms with E-state index in [1.165, 1.54) is 16.1 Å². The summed E-state index contributed by atoms with van der Waals surface area (Å²) in [6.07, 6.45) is 2.08. The fraction of sp³-hybridized carbons (Fsp3) is 0.412. The van der Waals surface area contributed by atoms with Gasteiger partial charge in [0.1, 0.15) is 0 Å². The lowest BCUT2D eigenvalue weighted by Crippen LogP contribution is -2.41. The van der Waals surface area contributed by atoms with Crippen LogP contribution in [0.2, 0.25) is 0 Å². The van der Waals surface area contributed by atoms with Gasteiger partial charge in [-0.1, -0.05) is 18.2 Å². The van der Waals surface area contributed by atoms with Crippen LogP contribution in [0.3, 0.4) is 0 Å². The molecule has 0 bridgehead atoms. The number of aryl methyl sites for hydroxylation is 2. The molecule has 6 heteroatoms. The molecule has 0 atom stereocenters. The molecule has 0 aliphatic carbocycles. The van der Waals surface area contributed by atoms with Crippen LogP contribution in [0.5, 0.6) is 0 Å². The first kappa shape index (κ1) is 18.2. The lowest BCUT2D eigenvalue weighted by Gasteiger charge is -2.22. The summed E-state index contributed by atoms with van der Waals surface area (Å²) in [5.41, 5.74) is 3.84. The van der Waals surface area contributed by atoms with Crippen molar-refractivity contribution in [2.45, 2.75) is 26.7 Å². The fourth-order valence-electron chi connectivity index (χ4n) is 2.95. The summed E-state index contributed by atoms with van der Waals surface area (Å²) in [5.74, 6) is 0.962. The Balaban J connectivity index is 0.00000192. The number of aliphatic imine (C=N–C) groups is 1. The average Bonchev–Trinajstić information content (AvgIpc) is 3.07. The third kappa shape index (κ3) is 4.03. The maximum atomic E-state index is 4.49. The van der Waals surface area contributed by atoms with Crippen LogP contribution in [-0.4, -0.2) is 31.1 Å². The van der Waals surface area contributed by atoms with Gasteiger partial charge < -0.3 is 10.2 Å². The molecule has 2 aromatic rings. The number of fused-ring (bicyclic) bond motifs is 1. The molecular weight excluding hydrogens is 419 g/mol. The highest BCUT2D eigenvalue weighted by atomic mass is 127. The van der Waals surface area contributed by atoms with E-state index in [4.69, 9.17) is 0 Å². The first-order valence-electron chi connectivity index (χ1n) is 7.68. The Bertz CT molecular complexity index is 696. The van der Waals surface area contributed by atoms with Crippen LogP contribution in [0.1, 0.15) is 21.1 Å². The molecule has 1 aromatic heterocycles. The Hall–Kier alpha value is -1.15. The summed E-state index contributed by atoms with van der Waals surface area (Å²) in [4.78, 5) is 12.6. The number of nitrogens with one attached hydrogen (secondary N) is 1. The van der Waals surface area contributed by atoms with Crippen molar-refractivity contribution in [2.75, 3.05) is 25.0 Å². The molecule has 0 saturated carbocycles. The zero-order valence-corrected chi connectivity index (χ0v) is 16.9. The summed E-state index contributed by atoms with van der Waals surface area (Å²) >= 11 is 1.79. The van der Waals surface area contributed by atoms with Gasteiger partial charge in [-0.05, 0) is 31.9 Å². The minimum atomic E-state index is 0. The van der Waals surface area contributed by atoms with Crippen molar-refractivity contribution in [3.05, 3.63) is 45.4 Å². The number of para-hydroxylation sites is 1. The molecule has 1 aliphatic rings. The standard InChI is InChI=1S/C17H22N4S.HI/c1-12-16(22-13(2)20-12)8-10-19-17(18-3)21-11-9-14-6-4-5-7-15(14)21;/h4-7H,8-11H2,1-3H3,(H,18,19);1H. The predicted octanol–water partition coefficient (Wildman–Crippen LogP) is 3.56. The largest absolute Gasteiger partial charge is 0.356 e. The third-order valence-electron chi connectivity index (χ3n) is 3.99. The number of thiazole rings is 1. The lowest BCUT2D eigenvalue weighted by atomic mass is 10.2. The van der Waals surface area contributed by atoms with Crippen molar-refractivity contribution in [2.24, 2.45) is 4.99 Å². The predicted molar refractivity (Wildman–Crippen MR) is 110 cm³/mol.